The van der Waals surface area contributed by atoms with Crippen molar-refractivity contribution in [3.8, 4) is 0 Å². The van der Waals surface area contributed by atoms with E-state index in [1.165, 1.54) is 28.2 Å². The molecule has 0 unspecified atom stereocenters. The molecule has 0 aliphatic rings. The van der Waals surface area contributed by atoms with E-state index in [0.717, 1.165) is 6.26 Å². The van der Waals surface area contributed by atoms with Crippen molar-refractivity contribution < 1.29 is 22.9 Å². The first-order chi connectivity index (χ1) is 6.49. The van der Waals surface area contributed by atoms with Gasteiger partial charge in [-0.2, -0.15) is 0 Å². The Labute approximate surface area is 82.8 Å². The Kier molecular flexibility index (Phi) is 5.45. The second kappa shape index (κ2) is 5.80. The number of likely N-dealkylation sites (N-methyl/N-ethyl adjacent to an activating group) is 1. The lowest BCUT2D eigenvalue weighted by Crippen LogP contribution is -2.18. The maximum atomic E-state index is 11.3. The molecule has 0 fully saturated rings. The van der Waals surface area contributed by atoms with Gasteiger partial charge in [-0.05, 0) is 6.92 Å². The summed E-state index contributed by atoms with van der Waals surface area (Å²) in [5, 5.41) is 2.38. The molecular formula is C7H14NO5P. The van der Waals surface area contributed by atoms with E-state index >= 15 is 0 Å². The van der Waals surface area contributed by atoms with E-state index in [9.17, 15) is 9.36 Å². The molecule has 0 atom stereocenters. The Morgan fingerprint density at radius 2 is 1.86 bits per heavy atom. The topological polar surface area (TPSA) is 73.9 Å². The SMILES string of the molecule is CNC(=O)/C(C)=C/OP(=O)(OC)OC. The van der Waals surface area contributed by atoms with Crippen LogP contribution in [-0.4, -0.2) is 27.2 Å². The third-order valence-electron chi connectivity index (χ3n) is 1.39. The van der Waals surface area contributed by atoms with Crippen LogP contribution in [0.2, 0.25) is 0 Å². The summed E-state index contributed by atoms with van der Waals surface area (Å²) < 4.78 is 25.0. The summed E-state index contributed by atoms with van der Waals surface area (Å²) in [5.41, 5.74) is 0.266. The minimum Gasteiger partial charge on any atom is -0.411 e. The lowest BCUT2D eigenvalue weighted by Gasteiger charge is -2.11. The van der Waals surface area contributed by atoms with E-state index in [1.54, 1.807) is 0 Å². The Bertz CT molecular complexity index is 267. The lowest BCUT2D eigenvalue weighted by molar-refractivity contribution is -0.117. The number of rotatable bonds is 5. The summed E-state index contributed by atoms with van der Waals surface area (Å²) in [6.45, 7) is 1.51. The minimum absolute atomic E-state index is 0.266. The summed E-state index contributed by atoms with van der Waals surface area (Å²) >= 11 is 0. The van der Waals surface area contributed by atoms with Crippen molar-refractivity contribution in [1.29, 1.82) is 0 Å². The third-order valence-corrected chi connectivity index (χ3v) is 2.65. The van der Waals surface area contributed by atoms with Gasteiger partial charge in [0.1, 0.15) is 6.26 Å². The average Bonchev–Trinajstić information content (AvgIpc) is 2.24. The predicted molar refractivity (Wildman–Crippen MR) is 50.5 cm³/mol. The largest absolute Gasteiger partial charge is 0.528 e. The van der Waals surface area contributed by atoms with Crippen LogP contribution in [0, 0.1) is 0 Å². The molecular weight excluding hydrogens is 209 g/mol. The quantitative estimate of drug-likeness (QED) is 0.428. The molecule has 7 heteroatoms. The van der Waals surface area contributed by atoms with Gasteiger partial charge in [-0.25, -0.2) is 4.57 Å². The van der Waals surface area contributed by atoms with E-state index in [0.29, 0.717) is 0 Å². The summed E-state index contributed by atoms with van der Waals surface area (Å²) in [7, 11) is 0.312. The number of hydrogen-bond acceptors (Lipinski definition) is 5. The van der Waals surface area contributed by atoms with Crippen molar-refractivity contribution in [2.75, 3.05) is 21.3 Å². The summed E-state index contributed by atoms with van der Waals surface area (Å²) in [6.07, 6.45) is 1.03. The number of phosphoric ester groups is 1. The second-order valence-electron chi connectivity index (χ2n) is 2.30. The first kappa shape index (κ1) is 13.2. The monoisotopic (exact) mass is 223 g/mol. The number of hydrogen-bond donors (Lipinski definition) is 1. The van der Waals surface area contributed by atoms with E-state index in [-0.39, 0.29) is 11.5 Å². The fourth-order valence-electron chi connectivity index (χ4n) is 0.555. The second-order valence-corrected chi connectivity index (χ2v) is 4.13. The van der Waals surface area contributed by atoms with Crippen LogP contribution in [-0.2, 0) is 22.9 Å². The predicted octanol–water partition coefficient (Wildman–Crippen LogP) is 1.05. The Balaban J connectivity index is 4.41. The van der Waals surface area contributed by atoms with Crippen LogP contribution >= 0.6 is 7.82 Å². The molecule has 1 N–H and O–H groups in total. The van der Waals surface area contributed by atoms with Gasteiger partial charge >= 0.3 is 7.82 Å². The highest BCUT2D eigenvalue weighted by Gasteiger charge is 2.22. The van der Waals surface area contributed by atoms with Gasteiger partial charge in [-0.3, -0.25) is 13.8 Å². The van der Waals surface area contributed by atoms with Gasteiger partial charge in [0.05, 0.1) is 0 Å². The molecule has 0 aliphatic heterocycles. The molecule has 82 valence electrons. The van der Waals surface area contributed by atoms with Gasteiger partial charge in [-0.1, -0.05) is 0 Å². The highest BCUT2D eigenvalue weighted by atomic mass is 31.2. The first-order valence-electron chi connectivity index (χ1n) is 3.78. The molecule has 0 saturated heterocycles. The fraction of sp³-hybridized carbons (Fsp3) is 0.571. The zero-order valence-corrected chi connectivity index (χ0v) is 9.46. The van der Waals surface area contributed by atoms with Crippen LogP contribution in [0.15, 0.2) is 11.8 Å². The van der Waals surface area contributed by atoms with Crippen molar-refractivity contribution >= 4 is 13.7 Å². The molecule has 0 saturated carbocycles. The molecule has 0 spiro atoms. The third kappa shape index (κ3) is 3.91. The summed E-state index contributed by atoms with van der Waals surface area (Å²) in [5.74, 6) is -0.330. The van der Waals surface area contributed by atoms with Crippen LogP contribution in [0.4, 0.5) is 0 Å². The van der Waals surface area contributed by atoms with Crippen LogP contribution in [0.25, 0.3) is 0 Å². The molecule has 0 aromatic rings. The first-order valence-corrected chi connectivity index (χ1v) is 5.24. The Morgan fingerprint density at radius 1 is 1.36 bits per heavy atom. The van der Waals surface area contributed by atoms with E-state index < -0.39 is 7.82 Å². The van der Waals surface area contributed by atoms with Crippen LogP contribution < -0.4 is 5.32 Å². The molecule has 0 aromatic heterocycles. The smallest absolute Gasteiger partial charge is 0.411 e. The zero-order valence-electron chi connectivity index (χ0n) is 8.57. The maximum Gasteiger partial charge on any atom is 0.528 e. The molecule has 0 radical (unpaired) electrons. The minimum atomic E-state index is -3.54. The molecule has 0 heterocycles. The number of amides is 1. The summed E-state index contributed by atoms with van der Waals surface area (Å²) in [4.78, 5) is 11.0. The molecule has 0 aromatic carbocycles. The molecule has 0 bridgehead atoms. The van der Waals surface area contributed by atoms with Crippen molar-refractivity contribution in [3.05, 3.63) is 11.8 Å². The van der Waals surface area contributed by atoms with Gasteiger partial charge < -0.3 is 9.84 Å². The molecule has 1 amide bonds. The van der Waals surface area contributed by atoms with E-state index in [1.807, 2.05) is 0 Å². The number of nitrogens with one attached hydrogen (secondary N) is 1. The maximum absolute atomic E-state index is 11.3. The van der Waals surface area contributed by atoms with Crippen LogP contribution in [0.3, 0.4) is 0 Å². The molecule has 6 nitrogen and oxygen atoms in total. The average molecular weight is 223 g/mol. The number of carbonyl (C=O) groups excluding carboxylic acids is 1. The van der Waals surface area contributed by atoms with E-state index in [4.69, 9.17) is 4.52 Å². The summed E-state index contributed by atoms with van der Waals surface area (Å²) in [6, 6.07) is 0. The molecule has 0 rings (SSSR count). The van der Waals surface area contributed by atoms with Gasteiger partial charge in [0.2, 0.25) is 5.91 Å². The van der Waals surface area contributed by atoms with Crippen LogP contribution in [0.5, 0.6) is 0 Å². The standard InChI is InChI=1S/C7H14NO5P/c1-6(7(9)8-2)5-13-14(10,11-3)12-4/h5H,1-4H3,(H,8,9)/b6-5+. The number of phosphoric acid groups is 1. The molecule has 14 heavy (non-hydrogen) atoms. The van der Waals surface area contributed by atoms with Crippen molar-refractivity contribution in [1.82, 2.24) is 5.32 Å². The molecule has 0 aliphatic carbocycles. The van der Waals surface area contributed by atoms with Crippen molar-refractivity contribution in [2.45, 2.75) is 6.92 Å². The van der Waals surface area contributed by atoms with Gasteiger partial charge in [0.25, 0.3) is 0 Å². The van der Waals surface area contributed by atoms with E-state index in [2.05, 4.69) is 14.4 Å². The van der Waals surface area contributed by atoms with Crippen molar-refractivity contribution in [3.63, 3.8) is 0 Å². The van der Waals surface area contributed by atoms with Gasteiger partial charge in [0.15, 0.2) is 0 Å². The zero-order chi connectivity index (χ0) is 11.2. The number of carbonyl (C=O) groups is 1. The normalized spacial score (nSPS) is 12.4. The fourth-order valence-corrected chi connectivity index (χ4v) is 1.16. The Morgan fingerprint density at radius 3 is 2.21 bits per heavy atom. The van der Waals surface area contributed by atoms with Gasteiger partial charge in [0, 0.05) is 26.8 Å². The highest BCUT2D eigenvalue weighted by Crippen LogP contribution is 2.47. The highest BCUT2D eigenvalue weighted by molar-refractivity contribution is 7.48. The van der Waals surface area contributed by atoms with Gasteiger partial charge in [-0.15, -0.1) is 0 Å². The van der Waals surface area contributed by atoms with Crippen molar-refractivity contribution in [2.24, 2.45) is 0 Å². The van der Waals surface area contributed by atoms with Crippen LogP contribution in [0.1, 0.15) is 6.92 Å². The lowest BCUT2D eigenvalue weighted by atomic mass is 10.3. The Hall–Kier alpha value is -0.840.